The largest absolute Gasteiger partial charge is 0.0616 e. The van der Waals surface area contributed by atoms with Crippen LogP contribution in [0.2, 0.25) is 0 Å². The Morgan fingerprint density at radius 3 is 2.20 bits per heavy atom. The maximum Gasteiger partial charge on any atom is -0.0147 e. The molecule has 0 aliphatic rings. The van der Waals surface area contributed by atoms with Crippen LogP contribution in [0.1, 0.15) is 30.5 Å². The summed E-state index contributed by atoms with van der Waals surface area (Å²) in [4.78, 5) is 0. The van der Waals surface area contributed by atoms with Crippen molar-refractivity contribution in [3.8, 4) is 0 Å². The minimum atomic E-state index is 1.12. The average Bonchev–Trinajstić information content (AvgIpc) is 2.28. The number of hydrogen-bond acceptors (Lipinski definition) is 0. The van der Waals surface area contributed by atoms with Crippen LogP contribution in [0.25, 0.3) is 10.8 Å². The van der Waals surface area contributed by atoms with Gasteiger partial charge in [0.15, 0.2) is 0 Å². The first kappa shape index (κ1) is 10.2. The van der Waals surface area contributed by atoms with Crippen LogP contribution >= 0.6 is 0 Å². The van der Waals surface area contributed by atoms with Crippen LogP contribution in [-0.4, -0.2) is 0 Å². The zero-order valence-electron chi connectivity index (χ0n) is 9.80. The summed E-state index contributed by atoms with van der Waals surface area (Å²) in [5.74, 6) is 0. The second-order valence-corrected chi connectivity index (χ2v) is 4.08. The number of aryl methyl sites for hydroxylation is 3. The van der Waals surface area contributed by atoms with Gasteiger partial charge in [0.25, 0.3) is 0 Å². The van der Waals surface area contributed by atoms with E-state index in [1.54, 1.807) is 0 Å². The summed E-state index contributed by atoms with van der Waals surface area (Å²) >= 11 is 0. The van der Waals surface area contributed by atoms with Crippen molar-refractivity contribution in [1.29, 1.82) is 0 Å². The lowest BCUT2D eigenvalue weighted by Gasteiger charge is -2.12. The number of fused-ring (bicyclic) bond motifs is 1. The Hall–Kier alpha value is -1.30. The van der Waals surface area contributed by atoms with Gasteiger partial charge in [-0.15, -0.1) is 0 Å². The second kappa shape index (κ2) is 4.06. The Morgan fingerprint density at radius 1 is 0.933 bits per heavy atom. The molecular formula is C15H18. The minimum Gasteiger partial charge on any atom is -0.0616 e. The minimum absolute atomic E-state index is 1.12. The number of hydrogen-bond donors (Lipinski definition) is 0. The van der Waals surface area contributed by atoms with Gasteiger partial charge in [-0.2, -0.15) is 0 Å². The maximum atomic E-state index is 2.35. The second-order valence-electron chi connectivity index (χ2n) is 4.08. The third kappa shape index (κ3) is 1.65. The van der Waals surface area contributed by atoms with Gasteiger partial charge in [0.1, 0.15) is 0 Å². The van der Waals surface area contributed by atoms with E-state index >= 15 is 0 Å². The molecule has 0 heteroatoms. The van der Waals surface area contributed by atoms with Gasteiger partial charge in [-0.05, 0) is 47.2 Å². The van der Waals surface area contributed by atoms with Crippen molar-refractivity contribution in [2.75, 3.05) is 0 Å². The van der Waals surface area contributed by atoms with Crippen LogP contribution in [0.5, 0.6) is 0 Å². The van der Waals surface area contributed by atoms with Crippen molar-refractivity contribution >= 4 is 10.8 Å². The summed E-state index contributed by atoms with van der Waals surface area (Å²) in [6.45, 7) is 6.69. The molecule has 15 heavy (non-hydrogen) atoms. The van der Waals surface area contributed by atoms with Crippen molar-refractivity contribution in [2.24, 2.45) is 0 Å². The Balaban J connectivity index is 2.86. The van der Waals surface area contributed by atoms with Crippen LogP contribution in [0.3, 0.4) is 0 Å². The Kier molecular flexibility index (Phi) is 2.77. The van der Waals surface area contributed by atoms with E-state index < -0.39 is 0 Å². The van der Waals surface area contributed by atoms with Crippen LogP contribution in [-0.2, 0) is 12.8 Å². The van der Waals surface area contributed by atoms with E-state index in [1.807, 2.05) is 0 Å². The third-order valence-corrected chi connectivity index (χ3v) is 3.20. The molecule has 0 amide bonds. The maximum absolute atomic E-state index is 2.35. The van der Waals surface area contributed by atoms with Gasteiger partial charge >= 0.3 is 0 Å². The highest BCUT2D eigenvalue weighted by Crippen LogP contribution is 2.26. The van der Waals surface area contributed by atoms with E-state index in [4.69, 9.17) is 0 Å². The first-order valence-corrected chi connectivity index (χ1v) is 5.78. The lowest BCUT2D eigenvalue weighted by atomic mass is 9.93. The molecule has 0 spiro atoms. The lowest BCUT2D eigenvalue weighted by Crippen LogP contribution is -1.93. The van der Waals surface area contributed by atoms with E-state index in [9.17, 15) is 0 Å². The fourth-order valence-electron chi connectivity index (χ4n) is 2.43. The Labute approximate surface area is 91.9 Å². The first-order valence-electron chi connectivity index (χ1n) is 5.78. The quantitative estimate of drug-likeness (QED) is 0.676. The van der Waals surface area contributed by atoms with E-state index in [-0.39, 0.29) is 0 Å². The summed E-state index contributed by atoms with van der Waals surface area (Å²) < 4.78 is 0. The highest BCUT2D eigenvalue weighted by Gasteiger charge is 2.06. The molecule has 0 unspecified atom stereocenters. The molecule has 0 fully saturated rings. The summed E-state index contributed by atoms with van der Waals surface area (Å²) in [5.41, 5.74) is 4.41. The zero-order valence-corrected chi connectivity index (χ0v) is 9.80. The molecule has 0 nitrogen and oxygen atoms in total. The molecule has 0 radical (unpaired) electrons. The van der Waals surface area contributed by atoms with Gasteiger partial charge in [-0.3, -0.25) is 0 Å². The molecule has 2 aromatic carbocycles. The highest BCUT2D eigenvalue weighted by molar-refractivity contribution is 5.89. The van der Waals surface area contributed by atoms with Crippen molar-refractivity contribution in [1.82, 2.24) is 0 Å². The molecule has 0 heterocycles. The molecule has 78 valence electrons. The predicted molar refractivity (Wildman–Crippen MR) is 67.4 cm³/mol. The van der Waals surface area contributed by atoms with Gasteiger partial charge < -0.3 is 0 Å². The lowest BCUT2D eigenvalue weighted by molar-refractivity contribution is 1.10. The third-order valence-electron chi connectivity index (χ3n) is 3.20. The Morgan fingerprint density at radius 2 is 1.60 bits per heavy atom. The van der Waals surface area contributed by atoms with Gasteiger partial charge in [-0.25, -0.2) is 0 Å². The molecule has 0 bridgehead atoms. The zero-order chi connectivity index (χ0) is 10.8. The summed E-state index contributed by atoms with van der Waals surface area (Å²) in [5, 5.41) is 2.87. The fourth-order valence-corrected chi connectivity index (χ4v) is 2.43. The molecular weight excluding hydrogens is 180 g/mol. The molecule has 0 saturated heterocycles. The van der Waals surface area contributed by atoms with Crippen LogP contribution in [0.15, 0.2) is 30.3 Å². The molecule has 0 saturated carbocycles. The topological polar surface area (TPSA) is 0 Å². The molecule has 0 aromatic heterocycles. The van der Waals surface area contributed by atoms with Gasteiger partial charge in [-0.1, -0.05) is 44.2 Å². The fraction of sp³-hybridized carbons (Fsp3) is 0.333. The van der Waals surface area contributed by atoms with Crippen molar-refractivity contribution in [3.05, 3.63) is 47.0 Å². The van der Waals surface area contributed by atoms with Gasteiger partial charge in [0.2, 0.25) is 0 Å². The molecule has 2 aromatic rings. The standard InChI is InChI=1S/C15H18/c1-4-12-10-11(3)13(5-2)15-9-7-6-8-14(12)15/h6-10H,4-5H2,1-3H3. The monoisotopic (exact) mass is 198 g/mol. The van der Waals surface area contributed by atoms with Crippen LogP contribution in [0.4, 0.5) is 0 Å². The molecule has 2 rings (SSSR count). The normalized spacial score (nSPS) is 10.9. The smallest absolute Gasteiger partial charge is 0.0147 e. The molecule has 0 aliphatic carbocycles. The van der Waals surface area contributed by atoms with Crippen LogP contribution < -0.4 is 0 Å². The highest BCUT2D eigenvalue weighted by atomic mass is 14.1. The SMILES string of the molecule is CCc1cc(C)c(CC)c2ccccc12. The molecule has 0 atom stereocenters. The number of benzene rings is 2. The van der Waals surface area contributed by atoms with Crippen molar-refractivity contribution < 1.29 is 0 Å². The summed E-state index contributed by atoms with van der Waals surface area (Å²) in [6.07, 6.45) is 2.24. The molecule has 0 N–H and O–H groups in total. The summed E-state index contributed by atoms with van der Waals surface area (Å²) in [7, 11) is 0. The van der Waals surface area contributed by atoms with Crippen LogP contribution in [0, 0.1) is 6.92 Å². The summed E-state index contributed by atoms with van der Waals surface area (Å²) in [6, 6.07) is 11.1. The number of rotatable bonds is 2. The van der Waals surface area contributed by atoms with Gasteiger partial charge in [0, 0.05) is 0 Å². The van der Waals surface area contributed by atoms with Crippen molar-refractivity contribution in [2.45, 2.75) is 33.6 Å². The van der Waals surface area contributed by atoms with E-state index in [0.717, 1.165) is 12.8 Å². The van der Waals surface area contributed by atoms with E-state index in [2.05, 4.69) is 51.1 Å². The average molecular weight is 198 g/mol. The van der Waals surface area contributed by atoms with Gasteiger partial charge in [0.05, 0.1) is 0 Å². The van der Waals surface area contributed by atoms with Crippen molar-refractivity contribution in [3.63, 3.8) is 0 Å². The Bertz CT molecular complexity index is 481. The first-order chi connectivity index (χ1) is 7.27. The van der Waals surface area contributed by atoms with E-state index in [1.165, 1.54) is 27.5 Å². The predicted octanol–water partition coefficient (Wildman–Crippen LogP) is 4.27. The molecule has 0 aliphatic heterocycles. The van der Waals surface area contributed by atoms with E-state index in [0.29, 0.717) is 0 Å².